The molecule has 20 heavy (non-hydrogen) atoms. The van der Waals surface area contributed by atoms with Crippen molar-refractivity contribution in [3.05, 3.63) is 30.5 Å². The minimum Gasteiger partial charge on any atom is -0.300 e. The fourth-order valence-electron chi connectivity index (χ4n) is 2.57. The van der Waals surface area contributed by atoms with Gasteiger partial charge in [-0.1, -0.05) is 0 Å². The lowest BCUT2D eigenvalue weighted by molar-refractivity contribution is 0.209. The van der Waals surface area contributed by atoms with Gasteiger partial charge in [-0.05, 0) is 13.3 Å². The van der Waals surface area contributed by atoms with E-state index < -0.39 is 9.84 Å². The third-order valence-corrected chi connectivity index (χ3v) is 5.58. The SMILES string of the molecule is CC1CCS(=O)(=O)CCN1Cc1cnc2cnccn12. The van der Waals surface area contributed by atoms with Gasteiger partial charge < -0.3 is 0 Å². The number of rotatable bonds is 2. The fraction of sp³-hybridized carbons (Fsp3) is 0.538. The zero-order valence-electron chi connectivity index (χ0n) is 11.4. The van der Waals surface area contributed by atoms with E-state index in [-0.39, 0.29) is 11.8 Å². The van der Waals surface area contributed by atoms with Crippen molar-refractivity contribution < 1.29 is 8.42 Å². The minimum atomic E-state index is -2.88. The Labute approximate surface area is 118 Å². The van der Waals surface area contributed by atoms with E-state index in [0.717, 1.165) is 11.3 Å². The van der Waals surface area contributed by atoms with E-state index in [1.165, 1.54) is 0 Å². The van der Waals surface area contributed by atoms with E-state index in [1.54, 1.807) is 12.4 Å². The molecule has 0 aliphatic carbocycles. The maximum atomic E-state index is 11.7. The van der Waals surface area contributed by atoms with E-state index in [2.05, 4.69) is 21.8 Å². The van der Waals surface area contributed by atoms with Crippen molar-refractivity contribution in [1.29, 1.82) is 0 Å². The fourth-order valence-corrected chi connectivity index (χ4v) is 3.98. The molecule has 0 spiro atoms. The van der Waals surface area contributed by atoms with Crippen molar-refractivity contribution in [2.75, 3.05) is 18.1 Å². The Morgan fingerprint density at radius 3 is 3.05 bits per heavy atom. The molecule has 3 heterocycles. The van der Waals surface area contributed by atoms with Crippen LogP contribution in [0.2, 0.25) is 0 Å². The van der Waals surface area contributed by atoms with Gasteiger partial charge in [-0.25, -0.2) is 13.4 Å². The monoisotopic (exact) mass is 294 g/mol. The van der Waals surface area contributed by atoms with Crippen LogP contribution in [0.5, 0.6) is 0 Å². The van der Waals surface area contributed by atoms with Gasteiger partial charge in [0.25, 0.3) is 0 Å². The normalized spacial score (nSPS) is 23.8. The predicted octanol–water partition coefficient (Wildman–Crippen LogP) is 0.738. The quantitative estimate of drug-likeness (QED) is 0.817. The summed E-state index contributed by atoms with van der Waals surface area (Å²) in [6, 6.07) is 0.264. The predicted molar refractivity (Wildman–Crippen MR) is 76.1 cm³/mol. The van der Waals surface area contributed by atoms with E-state index in [1.807, 2.05) is 16.8 Å². The highest BCUT2D eigenvalue weighted by Crippen LogP contribution is 2.16. The second kappa shape index (κ2) is 5.14. The second-order valence-electron chi connectivity index (χ2n) is 5.31. The number of aromatic nitrogens is 3. The van der Waals surface area contributed by atoms with Gasteiger partial charge in [0.2, 0.25) is 0 Å². The van der Waals surface area contributed by atoms with Crippen LogP contribution in [-0.2, 0) is 16.4 Å². The molecule has 0 radical (unpaired) electrons. The highest BCUT2D eigenvalue weighted by Gasteiger charge is 2.25. The number of nitrogens with zero attached hydrogens (tertiary/aromatic N) is 4. The van der Waals surface area contributed by atoms with Crippen LogP contribution in [0.15, 0.2) is 24.8 Å². The number of sulfone groups is 1. The Kier molecular flexibility index (Phi) is 3.47. The van der Waals surface area contributed by atoms with Crippen LogP contribution in [0.25, 0.3) is 5.65 Å². The van der Waals surface area contributed by atoms with Crippen molar-refractivity contribution in [2.45, 2.75) is 25.9 Å². The Balaban J connectivity index is 1.83. The lowest BCUT2D eigenvalue weighted by Gasteiger charge is -2.25. The average Bonchev–Trinajstić information content (AvgIpc) is 2.78. The largest absolute Gasteiger partial charge is 0.300 e. The molecule has 1 aliphatic rings. The molecule has 7 heteroatoms. The summed E-state index contributed by atoms with van der Waals surface area (Å²) in [6.07, 6.45) is 7.87. The number of imidazole rings is 1. The van der Waals surface area contributed by atoms with Crippen molar-refractivity contribution >= 4 is 15.5 Å². The summed E-state index contributed by atoms with van der Waals surface area (Å²) >= 11 is 0. The Bertz CT molecular complexity index is 710. The van der Waals surface area contributed by atoms with Crippen LogP contribution >= 0.6 is 0 Å². The van der Waals surface area contributed by atoms with Crippen LogP contribution in [-0.4, -0.2) is 51.8 Å². The van der Waals surface area contributed by atoms with Gasteiger partial charge in [-0.3, -0.25) is 14.3 Å². The van der Waals surface area contributed by atoms with E-state index in [4.69, 9.17) is 0 Å². The highest BCUT2D eigenvalue weighted by atomic mass is 32.2. The molecule has 3 rings (SSSR count). The van der Waals surface area contributed by atoms with E-state index >= 15 is 0 Å². The van der Waals surface area contributed by atoms with Crippen LogP contribution in [0.3, 0.4) is 0 Å². The van der Waals surface area contributed by atoms with Crippen LogP contribution in [0.1, 0.15) is 19.0 Å². The first-order valence-electron chi connectivity index (χ1n) is 6.75. The maximum absolute atomic E-state index is 11.7. The summed E-state index contributed by atoms with van der Waals surface area (Å²) in [5.74, 6) is 0.539. The molecular formula is C13H18N4O2S. The van der Waals surface area contributed by atoms with Gasteiger partial charge in [0, 0.05) is 31.5 Å². The first kappa shape index (κ1) is 13.5. The molecule has 0 N–H and O–H groups in total. The van der Waals surface area contributed by atoms with Gasteiger partial charge in [-0.15, -0.1) is 0 Å². The third kappa shape index (κ3) is 2.69. The van der Waals surface area contributed by atoms with E-state index in [0.29, 0.717) is 25.3 Å². The van der Waals surface area contributed by atoms with E-state index in [9.17, 15) is 8.42 Å². The van der Waals surface area contributed by atoms with Gasteiger partial charge in [-0.2, -0.15) is 0 Å². The van der Waals surface area contributed by atoms with Gasteiger partial charge in [0.15, 0.2) is 15.5 Å². The maximum Gasteiger partial charge on any atom is 0.155 e. The Hall–Kier alpha value is -1.47. The number of hydrogen-bond donors (Lipinski definition) is 0. The zero-order valence-corrected chi connectivity index (χ0v) is 12.3. The molecule has 1 aliphatic heterocycles. The molecule has 1 fully saturated rings. The number of fused-ring (bicyclic) bond motifs is 1. The highest BCUT2D eigenvalue weighted by molar-refractivity contribution is 7.91. The molecule has 0 aromatic carbocycles. The summed E-state index contributed by atoms with van der Waals surface area (Å²) < 4.78 is 25.4. The summed E-state index contributed by atoms with van der Waals surface area (Å²) in [6.45, 7) is 3.38. The van der Waals surface area contributed by atoms with Crippen molar-refractivity contribution in [2.24, 2.45) is 0 Å². The summed E-state index contributed by atoms with van der Waals surface area (Å²) in [4.78, 5) is 10.6. The summed E-state index contributed by atoms with van der Waals surface area (Å²) in [5, 5.41) is 0. The molecule has 1 unspecified atom stereocenters. The summed E-state index contributed by atoms with van der Waals surface area (Å²) in [7, 11) is -2.88. The minimum absolute atomic E-state index is 0.246. The zero-order chi connectivity index (χ0) is 14.2. The third-order valence-electron chi connectivity index (χ3n) is 3.92. The van der Waals surface area contributed by atoms with Gasteiger partial charge in [0.05, 0.1) is 29.6 Å². The van der Waals surface area contributed by atoms with Crippen molar-refractivity contribution in [3.63, 3.8) is 0 Å². The smallest absolute Gasteiger partial charge is 0.155 e. The summed E-state index contributed by atoms with van der Waals surface area (Å²) in [5.41, 5.74) is 1.88. The lowest BCUT2D eigenvalue weighted by atomic mass is 10.2. The van der Waals surface area contributed by atoms with Crippen LogP contribution < -0.4 is 0 Å². The molecule has 6 nitrogen and oxygen atoms in total. The first-order chi connectivity index (χ1) is 9.55. The standard InChI is InChI=1S/C13H18N4O2S/c1-11-2-6-20(18,19)7-5-16(11)10-12-8-15-13-9-14-3-4-17(12)13/h3-4,8-9,11H,2,5-7,10H2,1H3. The Morgan fingerprint density at radius 1 is 1.35 bits per heavy atom. The molecule has 2 aromatic rings. The van der Waals surface area contributed by atoms with Gasteiger partial charge >= 0.3 is 0 Å². The van der Waals surface area contributed by atoms with Crippen LogP contribution in [0, 0.1) is 0 Å². The number of hydrogen-bond acceptors (Lipinski definition) is 5. The molecule has 2 aromatic heterocycles. The molecule has 108 valence electrons. The molecule has 1 atom stereocenters. The molecule has 0 amide bonds. The van der Waals surface area contributed by atoms with Crippen molar-refractivity contribution in [1.82, 2.24) is 19.3 Å². The second-order valence-corrected chi connectivity index (χ2v) is 7.62. The first-order valence-corrected chi connectivity index (χ1v) is 8.58. The molecule has 0 bridgehead atoms. The van der Waals surface area contributed by atoms with Crippen molar-refractivity contribution in [3.8, 4) is 0 Å². The lowest BCUT2D eigenvalue weighted by Crippen LogP contribution is -2.33. The molecular weight excluding hydrogens is 276 g/mol. The average molecular weight is 294 g/mol. The molecule has 0 saturated carbocycles. The topological polar surface area (TPSA) is 67.6 Å². The molecule has 1 saturated heterocycles. The van der Waals surface area contributed by atoms with Gasteiger partial charge in [0.1, 0.15) is 0 Å². The van der Waals surface area contributed by atoms with Crippen LogP contribution in [0.4, 0.5) is 0 Å². The Morgan fingerprint density at radius 2 is 2.20 bits per heavy atom.